The highest BCUT2D eigenvalue weighted by Crippen LogP contribution is 2.07. The molecule has 0 saturated carbocycles. The molecule has 0 radical (unpaired) electrons. The molecular formula is C34H61N9O12. The van der Waals surface area contributed by atoms with Crippen LogP contribution in [0.4, 0.5) is 0 Å². The molecule has 0 aromatic carbocycles. The van der Waals surface area contributed by atoms with E-state index >= 15 is 0 Å². The molecule has 0 aliphatic heterocycles. The minimum Gasteiger partial charge on any atom is -0.481 e. The zero-order valence-electron chi connectivity index (χ0n) is 32.4. The molecule has 21 nitrogen and oxygen atoms in total. The van der Waals surface area contributed by atoms with Crippen LogP contribution in [-0.4, -0.2) is 131 Å². The van der Waals surface area contributed by atoms with Crippen molar-refractivity contribution < 1.29 is 58.5 Å². The fourth-order valence-electron chi connectivity index (χ4n) is 5.01. The summed E-state index contributed by atoms with van der Waals surface area (Å²) in [5.74, 6) is -8.28. The number of carbonyl (C=O) groups excluding carboxylic acids is 7. The Labute approximate surface area is 320 Å². The second-order valence-corrected chi connectivity index (χ2v) is 14.1. The summed E-state index contributed by atoms with van der Waals surface area (Å²) in [5, 5.41) is 44.8. The maximum atomic E-state index is 13.1. The molecule has 0 aromatic rings. The van der Waals surface area contributed by atoms with E-state index in [2.05, 4.69) is 37.2 Å². The molecule has 314 valence electrons. The van der Waals surface area contributed by atoms with Gasteiger partial charge in [-0.2, -0.15) is 0 Å². The zero-order chi connectivity index (χ0) is 42.4. The summed E-state index contributed by atoms with van der Waals surface area (Å²) in [5.41, 5.74) is 11.4. The molecule has 14 N–H and O–H groups in total. The van der Waals surface area contributed by atoms with Crippen molar-refractivity contribution in [1.82, 2.24) is 37.2 Å². The van der Waals surface area contributed by atoms with Crippen LogP contribution in [0.15, 0.2) is 0 Å². The molecule has 0 bridgehead atoms. The van der Waals surface area contributed by atoms with Crippen molar-refractivity contribution in [3.63, 3.8) is 0 Å². The van der Waals surface area contributed by atoms with E-state index in [1.165, 1.54) is 13.8 Å². The predicted octanol–water partition coefficient (Wildman–Crippen LogP) is -3.46. The fraction of sp³-hybridized carbons (Fsp3) is 0.735. The Balaban J connectivity index is 5.43. The highest BCUT2D eigenvalue weighted by molar-refractivity contribution is 5.96. The van der Waals surface area contributed by atoms with E-state index in [1.54, 1.807) is 13.8 Å². The smallest absolute Gasteiger partial charge is 0.326 e. The number of nitrogens with two attached hydrogens (primary N) is 2. The van der Waals surface area contributed by atoms with Gasteiger partial charge < -0.3 is 64.0 Å². The van der Waals surface area contributed by atoms with Crippen molar-refractivity contribution in [2.45, 2.75) is 129 Å². The molecular weight excluding hydrogens is 726 g/mol. The summed E-state index contributed by atoms with van der Waals surface area (Å²) in [6.07, 6.45) is -0.750. The molecule has 0 fully saturated rings. The number of aliphatic carboxylic acids is 2. The number of carboxylic acids is 2. The van der Waals surface area contributed by atoms with E-state index in [0.717, 1.165) is 0 Å². The molecule has 7 amide bonds. The van der Waals surface area contributed by atoms with E-state index in [-0.39, 0.29) is 31.1 Å². The molecule has 0 heterocycles. The third kappa shape index (κ3) is 21.6. The molecule has 0 unspecified atom stereocenters. The van der Waals surface area contributed by atoms with Crippen LogP contribution in [0.5, 0.6) is 0 Å². The zero-order valence-corrected chi connectivity index (χ0v) is 32.4. The first-order valence-corrected chi connectivity index (χ1v) is 18.2. The Kier molecular flexibility index (Phi) is 23.7. The lowest BCUT2D eigenvalue weighted by atomic mass is 10.0. The van der Waals surface area contributed by atoms with Gasteiger partial charge >= 0.3 is 11.9 Å². The van der Waals surface area contributed by atoms with Crippen LogP contribution in [0.3, 0.4) is 0 Å². The normalized spacial score (nSPS) is 14.9. The minimum absolute atomic E-state index is 0.0973. The lowest BCUT2D eigenvalue weighted by Gasteiger charge is -2.24. The highest BCUT2D eigenvalue weighted by atomic mass is 16.4. The van der Waals surface area contributed by atoms with Gasteiger partial charge in [0.25, 0.3) is 0 Å². The van der Waals surface area contributed by atoms with Gasteiger partial charge in [-0.3, -0.25) is 38.4 Å². The summed E-state index contributed by atoms with van der Waals surface area (Å²) in [6.45, 7) is 8.87. The third-order valence-corrected chi connectivity index (χ3v) is 7.94. The average molecular weight is 788 g/mol. The number of rotatable bonds is 27. The predicted molar refractivity (Wildman–Crippen MR) is 197 cm³/mol. The van der Waals surface area contributed by atoms with Crippen molar-refractivity contribution >= 4 is 53.3 Å². The average Bonchev–Trinajstić information content (AvgIpc) is 3.08. The number of aliphatic hydroxyl groups excluding tert-OH is 1. The summed E-state index contributed by atoms with van der Waals surface area (Å²) < 4.78 is 0. The van der Waals surface area contributed by atoms with E-state index in [1.807, 2.05) is 13.8 Å². The molecule has 21 heteroatoms. The van der Waals surface area contributed by atoms with Crippen molar-refractivity contribution in [3.05, 3.63) is 0 Å². The standard InChI is InChI=1S/C34H61N9O12/c1-17(2)13-21(36)30(50)43-28(20(6)44)33(53)38-16-25(45)40-22(9-7-8-12-35)31(51)37-15-26(46)41-24(14-18(3)4)32(52)39-19(5)29(49)42-23(34(54)55)10-11-27(47)48/h17-24,28,44H,7-16,35-36H2,1-6H3,(H,37,51)(H,38,53)(H,39,52)(H,40,45)(H,41,46)(H,42,49)(H,43,50)(H,47,48)(H,54,55)/t19-,20+,21-,22-,23-,24-,28-/m0/s1. The second-order valence-electron chi connectivity index (χ2n) is 14.1. The number of unbranched alkanes of at least 4 members (excludes halogenated alkanes) is 1. The fourth-order valence-corrected chi connectivity index (χ4v) is 5.01. The van der Waals surface area contributed by atoms with Crippen LogP contribution in [0, 0.1) is 11.8 Å². The number of carboxylic acid groups (broad SMARTS) is 2. The molecule has 0 aliphatic carbocycles. The number of nitrogens with one attached hydrogen (secondary N) is 7. The molecule has 0 rings (SSSR count). The second kappa shape index (κ2) is 26.0. The molecule has 0 saturated heterocycles. The van der Waals surface area contributed by atoms with Crippen molar-refractivity contribution in [3.8, 4) is 0 Å². The van der Waals surface area contributed by atoms with Gasteiger partial charge in [-0.1, -0.05) is 27.7 Å². The Morgan fingerprint density at radius 3 is 1.62 bits per heavy atom. The lowest BCUT2D eigenvalue weighted by Crippen LogP contribution is -2.57. The summed E-state index contributed by atoms with van der Waals surface area (Å²) in [6, 6.07) is -7.45. The lowest BCUT2D eigenvalue weighted by molar-refractivity contribution is -0.143. The Morgan fingerprint density at radius 1 is 0.582 bits per heavy atom. The topological polar surface area (TPSA) is 351 Å². The summed E-state index contributed by atoms with van der Waals surface area (Å²) in [7, 11) is 0. The van der Waals surface area contributed by atoms with Gasteiger partial charge in [0.05, 0.1) is 25.2 Å². The number of aliphatic hydroxyl groups is 1. The quantitative estimate of drug-likeness (QED) is 0.0360. The number of hydrogen-bond acceptors (Lipinski definition) is 12. The SMILES string of the molecule is CC(C)C[C@H](NC(=O)CNC(=O)[C@H](CCCCN)NC(=O)CNC(=O)[C@@H](NC(=O)[C@@H](N)CC(C)C)[C@@H](C)O)C(=O)N[C@@H](C)C(=O)N[C@@H](CCC(=O)O)C(=O)O. The van der Waals surface area contributed by atoms with Crippen molar-refractivity contribution in [2.24, 2.45) is 23.3 Å². The van der Waals surface area contributed by atoms with Gasteiger partial charge in [0, 0.05) is 6.42 Å². The van der Waals surface area contributed by atoms with Crippen LogP contribution >= 0.6 is 0 Å². The Morgan fingerprint density at radius 2 is 1.13 bits per heavy atom. The minimum atomic E-state index is -1.51. The highest BCUT2D eigenvalue weighted by Gasteiger charge is 2.30. The molecule has 7 atom stereocenters. The largest absolute Gasteiger partial charge is 0.481 e. The van der Waals surface area contributed by atoms with Gasteiger partial charge in [-0.25, -0.2) is 4.79 Å². The third-order valence-electron chi connectivity index (χ3n) is 7.94. The Hall–Kier alpha value is -4.89. The molecule has 0 aliphatic rings. The van der Waals surface area contributed by atoms with E-state index in [4.69, 9.17) is 16.6 Å². The van der Waals surface area contributed by atoms with E-state index in [9.17, 15) is 53.4 Å². The number of carbonyl (C=O) groups is 9. The van der Waals surface area contributed by atoms with Crippen LogP contribution < -0.4 is 48.7 Å². The van der Waals surface area contributed by atoms with Gasteiger partial charge in [0.2, 0.25) is 41.4 Å². The van der Waals surface area contributed by atoms with Crippen molar-refractivity contribution in [2.75, 3.05) is 19.6 Å². The molecule has 55 heavy (non-hydrogen) atoms. The monoisotopic (exact) mass is 787 g/mol. The van der Waals surface area contributed by atoms with Crippen molar-refractivity contribution in [1.29, 1.82) is 0 Å². The summed E-state index contributed by atoms with van der Waals surface area (Å²) >= 11 is 0. The summed E-state index contributed by atoms with van der Waals surface area (Å²) in [4.78, 5) is 112. The maximum absolute atomic E-state index is 13.1. The van der Waals surface area contributed by atoms with Crippen LogP contribution in [0.1, 0.15) is 86.5 Å². The van der Waals surface area contributed by atoms with Crippen LogP contribution in [0.2, 0.25) is 0 Å². The first kappa shape index (κ1) is 50.1. The molecule has 0 aromatic heterocycles. The number of amides is 7. The first-order valence-electron chi connectivity index (χ1n) is 18.2. The maximum Gasteiger partial charge on any atom is 0.326 e. The number of hydrogen-bond donors (Lipinski definition) is 12. The van der Waals surface area contributed by atoms with E-state index < -0.39 is 115 Å². The first-order chi connectivity index (χ1) is 25.6. The molecule has 0 spiro atoms. The van der Waals surface area contributed by atoms with Gasteiger partial charge in [0.1, 0.15) is 30.2 Å². The van der Waals surface area contributed by atoms with Crippen LogP contribution in [0.25, 0.3) is 0 Å². The Bertz CT molecular complexity index is 1330. The van der Waals surface area contributed by atoms with Gasteiger partial charge in [-0.05, 0) is 70.8 Å². The van der Waals surface area contributed by atoms with Gasteiger partial charge in [0.15, 0.2) is 0 Å². The van der Waals surface area contributed by atoms with E-state index in [0.29, 0.717) is 25.8 Å². The van der Waals surface area contributed by atoms with Crippen LogP contribution in [-0.2, 0) is 43.2 Å². The van der Waals surface area contributed by atoms with Gasteiger partial charge in [-0.15, -0.1) is 0 Å².